The van der Waals surface area contributed by atoms with Crippen LogP contribution in [-0.4, -0.2) is 56.6 Å². The van der Waals surface area contributed by atoms with E-state index in [0.29, 0.717) is 11.2 Å². The maximum absolute atomic E-state index is 12.4. The van der Waals surface area contributed by atoms with Gasteiger partial charge in [0.1, 0.15) is 31.2 Å². The smallest absolute Gasteiger partial charge is 0.310 e. The second-order valence-electron chi connectivity index (χ2n) is 8.71. The van der Waals surface area contributed by atoms with Crippen molar-refractivity contribution in [3.05, 3.63) is 65.7 Å². The Balaban J connectivity index is 1.62. The maximum Gasteiger partial charge on any atom is 0.310 e. The molecule has 10 heteroatoms. The van der Waals surface area contributed by atoms with Gasteiger partial charge in [0.05, 0.1) is 29.2 Å². The molecule has 3 heterocycles. The molecule has 0 unspecified atom stereocenters. The van der Waals surface area contributed by atoms with Gasteiger partial charge in [-0.3, -0.25) is 9.59 Å². The summed E-state index contributed by atoms with van der Waals surface area (Å²) in [6.45, 7) is 4.77. The number of fused-ring (bicyclic) bond motifs is 1. The molecular formula is C25H26N4O6. The first kappa shape index (κ1) is 24.3. The van der Waals surface area contributed by atoms with Gasteiger partial charge in [-0.05, 0) is 24.6 Å². The SMILES string of the molecule is Cc1ncnn2c([C@]3(C#N)O[C@H](COC(=O)Cc4ccccc4)[C@@H](OC(=O)C(C)C)[C@H]3O)ccc12. The first-order chi connectivity index (χ1) is 16.8. The van der Waals surface area contributed by atoms with Crippen LogP contribution >= 0.6 is 0 Å². The van der Waals surface area contributed by atoms with Crippen LogP contribution in [0, 0.1) is 24.2 Å². The molecule has 35 heavy (non-hydrogen) atoms. The van der Waals surface area contributed by atoms with Crippen LogP contribution in [0.15, 0.2) is 48.8 Å². The number of hydrogen-bond donors (Lipinski definition) is 1. The van der Waals surface area contributed by atoms with E-state index in [1.54, 1.807) is 45.0 Å². The van der Waals surface area contributed by atoms with Crippen molar-refractivity contribution in [2.24, 2.45) is 5.92 Å². The van der Waals surface area contributed by atoms with Gasteiger partial charge in [-0.15, -0.1) is 0 Å². The lowest BCUT2D eigenvalue weighted by Crippen LogP contribution is -2.43. The van der Waals surface area contributed by atoms with Crippen molar-refractivity contribution in [2.45, 2.75) is 51.1 Å². The number of aliphatic hydroxyl groups is 1. The molecule has 182 valence electrons. The van der Waals surface area contributed by atoms with Crippen molar-refractivity contribution in [3.63, 3.8) is 0 Å². The number of esters is 2. The number of nitriles is 1. The number of carbonyl (C=O) groups is 2. The van der Waals surface area contributed by atoms with E-state index < -0.39 is 41.8 Å². The molecule has 1 aliphatic heterocycles. The lowest BCUT2D eigenvalue weighted by atomic mass is 9.92. The summed E-state index contributed by atoms with van der Waals surface area (Å²) >= 11 is 0. The summed E-state index contributed by atoms with van der Waals surface area (Å²) in [5.41, 5.74) is 0.388. The number of aliphatic hydroxyl groups excluding tert-OH is 1. The molecule has 4 rings (SSSR count). The zero-order valence-corrected chi connectivity index (χ0v) is 19.6. The molecule has 4 atom stereocenters. The molecule has 0 spiro atoms. The average molecular weight is 479 g/mol. The van der Waals surface area contributed by atoms with Crippen LogP contribution in [0.1, 0.15) is 30.8 Å². The molecular weight excluding hydrogens is 452 g/mol. The van der Waals surface area contributed by atoms with Crippen molar-refractivity contribution in [1.29, 1.82) is 5.26 Å². The van der Waals surface area contributed by atoms with Crippen molar-refractivity contribution >= 4 is 17.5 Å². The second-order valence-corrected chi connectivity index (χ2v) is 8.71. The molecule has 0 amide bonds. The minimum absolute atomic E-state index is 0.0372. The number of hydrogen-bond acceptors (Lipinski definition) is 9. The third-order valence-corrected chi connectivity index (χ3v) is 5.95. The molecule has 2 aromatic heterocycles. The zero-order chi connectivity index (χ0) is 25.2. The maximum atomic E-state index is 12.4. The minimum atomic E-state index is -1.92. The highest BCUT2D eigenvalue weighted by Crippen LogP contribution is 2.41. The minimum Gasteiger partial charge on any atom is -0.463 e. The third-order valence-electron chi connectivity index (χ3n) is 5.95. The van der Waals surface area contributed by atoms with Crippen LogP contribution in [-0.2, 0) is 35.8 Å². The molecule has 0 saturated carbocycles. The number of ether oxygens (including phenoxy) is 3. The zero-order valence-electron chi connectivity index (χ0n) is 19.6. The quantitative estimate of drug-likeness (QED) is 0.505. The van der Waals surface area contributed by atoms with Crippen molar-refractivity contribution in [3.8, 4) is 6.07 Å². The van der Waals surface area contributed by atoms with Gasteiger partial charge >= 0.3 is 11.9 Å². The Kier molecular flexibility index (Phi) is 6.82. The predicted octanol–water partition coefficient (Wildman–Crippen LogP) is 1.87. The monoisotopic (exact) mass is 478 g/mol. The Hall–Kier alpha value is -3.81. The molecule has 3 aromatic rings. The van der Waals surface area contributed by atoms with Crippen molar-refractivity contribution in [1.82, 2.24) is 14.6 Å². The number of aryl methyl sites for hydroxylation is 1. The van der Waals surface area contributed by atoms with Gasteiger partial charge in [-0.1, -0.05) is 44.2 Å². The van der Waals surface area contributed by atoms with Crippen LogP contribution in [0.5, 0.6) is 0 Å². The van der Waals surface area contributed by atoms with Crippen LogP contribution < -0.4 is 0 Å². The van der Waals surface area contributed by atoms with Gasteiger partial charge in [0.25, 0.3) is 0 Å². The molecule has 1 fully saturated rings. The standard InChI is InChI=1S/C25H26N4O6/c1-15(2)24(32)34-22-19(12-33-21(30)11-17-7-5-4-6-8-17)35-25(13-26,23(22)31)20-10-9-18-16(3)27-14-28-29(18)20/h4-10,14-15,19,22-23,31H,11-12H2,1-3H3/t19-,22-,23-,25+/m1/s1. The fourth-order valence-electron chi connectivity index (χ4n) is 4.04. The molecule has 0 radical (unpaired) electrons. The summed E-state index contributed by atoms with van der Waals surface area (Å²) in [5, 5.41) is 25.7. The number of aromatic nitrogens is 3. The summed E-state index contributed by atoms with van der Waals surface area (Å²) in [6.07, 6.45) is -2.53. The first-order valence-electron chi connectivity index (χ1n) is 11.2. The number of rotatable bonds is 7. The lowest BCUT2D eigenvalue weighted by molar-refractivity contribution is -0.163. The van der Waals surface area contributed by atoms with E-state index in [0.717, 1.165) is 5.56 Å². The van der Waals surface area contributed by atoms with Gasteiger partial charge in [-0.25, -0.2) is 9.50 Å². The highest BCUT2D eigenvalue weighted by molar-refractivity contribution is 5.73. The Bertz CT molecular complexity index is 1270. The van der Waals surface area contributed by atoms with E-state index >= 15 is 0 Å². The summed E-state index contributed by atoms with van der Waals surface area (Å²) in [5.74, 6) is -1.58. The van der Waals surface area contributed by atoms with Crippen LogP contribution in [0.2, 0.25) is 0 Å². The number of carbonyl (C=O) groups excluding carboxylic acids is 2. The molecule has 0 aliphatic carbocycles. The van der Waals surface area contributed by atoms with Crippen molar-refractivity contribution in [2.75, 3.05) is 6.61 Å². The summed E-state index contributed by atoms with van der Waals surface area (Å²) in [6, 6.07) is 14.4. The Morgan fingerprint density at radius 2 is 2.00 bits per heavy atom. The van der Waals surface area contributed by atoms with Gasteiger partial charge < -0.3 is 19.3 Å². The van der Waals surface area contributed by atoms with Gasteiger partial charge in [0, 0.05) is 0 Å². The number of benzene rings is 1. The molecule has 1 N–H and O–H groups in total. The van der Waals surface area contributed by atoms with E-state index in [9.17, 15) is 20.0 Å². The van der Waals surface area contributed by atoms with E-state index in [1.807, 2.05) is 24.3 Å². The van der Waals surface area contributed by atoms with E-state index in [-0.39, 0.29) is 18.7 Å². The summed E-state index contributed by atoms with van der Waals surface area (Å²) in [7, 11) is 0. The van der Waals surface area contributed by atoms with Crippen LogP contribution in [0.3, 0.4) is 0 Å². The largest absolute Gasteiger partial charge is 0.463 e. The van der Waals surface area contributed by atoms with E-state index in [4.69, 9.17) is 14.2 Å². The Morgan fingerprint density at radius 1 is 1.26 bits per heavy atom. The average Bonchev–Trinajstić information content (AvgIpc) is 3.39. The van der Waals surface area contributed by atoms with Gasteiger partial charge in [0.2, 0.25) is 5.60 Å². The lowest BCUT2D eigenvalue weighted by Gasteiger charge is -2.25. The van der Waals surface area contributed by atoms with E-state index in [1.165, 1.54) is 10.8 Å². The Morgan fingerprint density at radius 3 is 2.69 bits per heavy atom. The highest BCUT2D eigenvalue weighted by atomic mass is 16.6. The van der Waals surface area contributed by atoms with Crippen LogP contribution in [0.4, 0.5) is 0 Å². The predicted molar refractivity (Wildman–Crippen MR) is 122 cm³/mol. The van der Waals surface area contributed by atoms with Gasteiger partial charge in [-0.2, -0.15) is 10.4 Å². The van der Waals surface area contributed by atoms with Gasteiger partial charge in [0.15, 0.2) is 6.10 Å². The third kappa shape index (κ3) is 4.60. The molecule has 1 aromatic carbocycles. The molecule has 0 bridgehead atoms. The second kappa shape index (κ2) is 9.82. The highest BCUT2D eigenvalue weighted by Gasteiger charge is 2.60. The Labute approximate surface area is 202 Å². The summed E-state index contributed by atoms with van der Waals surface area (Å²) in [4.78, 5) is 29.0. The van der Waals surface area contributed by atoms with Crippen molar-refractivity contribution < 1.29 is 28.9 Å². The fourth-order valence-corrected chi connectivity index (χ4v) is 4.04. The molecule has 10 nitrogen and oxygen atoms in total. The van der Waals surface area contributed by atoms with E-state index in [2.05, 4.69) is 10.1 Å². The topological polar surface area (TPSA) is 136 Å². The first-order valence-corrected chi connectivity index (χ1v) is 11.2. The van der Waals surface area contributed by atoms with Crippen LogP contribution in [0.25, 0.3) is 5.52 Å². The molecule has 1 saturated heterocycles. The fraction of sp³-hybridized carbons (Fsp3) is 0.400. The normalized spacial score (nSPS) is 23.8. The number of nitrogens with zero attached hydrogens (tertiary/aromatic N) is 4. The molecule has 1 aliphatic rings. The summed E-state index contributed by atoms with van der Waals surface area (Å²) < 4.78 is 18.5.